The molecule has 1 saturated carbocycles. The fourth-order valence-corrected chi connectivity index (χ4v) is 10.0. The molecule has 10 heterocycles. The Kier molecular flexibility index (Phi) is 18.3. The van der Waals surface area contributed by atoms with E-state index in [-0.39, 0.29) is 36.2 Å². The highest BCUT2D eigenvalue weighted by molar-refractivity contribution is 5.96. The minimum atomic E-state index is -0.117. The third-order valence-corrected chi connectivity index (χ3v) is 14.8. The Morgan fingerprint density at radius 1 is 0.580 bits per heavy atom. The molecule has 13 rings (SSSR count). The molecule has 9 N–H and O–H groups in total. The van der Waals surface area contributed by atoms with Crippen LogP contribution in [0.25, 0.3) is 16.9 Å². The lowest BCUT2D eigenvalue weighted by Gasteiger charge is -2.24. The molecule has 2 fully saturated rings. The van der Waals surface area contributed by atoms with E-state index < -0.39 is 0 Å². The topological polar surface area (TPSA) is 326 Å². The van der Waals surface area contributed by atoms with E-state index in [0.717, 1.165) is 54.3 Å². The minimum absolute atomic E-state index is 0.00319. The van der Waals surface area contributed by atoms with E-state index in [9.17, 15) is 19.2 Å². The second kappa shape index (κ2) is 27.2. The number of carbonyl (C=O) groups is 4. The van der Waals surface area contributed by atoms with E-state index in [0.29, 0.717) is 144 Å². The maximum atomic E-state index is 12.4. The van der Waals surface area contributed by atoms with Gasteiger partial charge in [-0.3, -0.25) is 19.2 Å². The summed E-state index contributed by atoms with van der Waals surface area (Å²) in [5.41, 5.74) is 6.30. The Balaban J connectivity index is 0.000000137. The summed E-state index contributed by atoms with van der Waals surface area (Å²) in [7, 11) is 5.39. The zero-order valence-electron chi connectivity index (χ0n) is 49.4. The van der Waals surface area contributed by atoms with Gasteiger partial charge in [-0.25, -0.2) is 19.9 Å². The summed E-state index contributed by atoms with van der Waals surface area (Å²) in [4.78, 5) is 66.2. The van der Waals surface area contributed by atoms with E-state index in [1.165, 1.54) is 6.42 Å². The molecule has 4 aliphatic rings. The molecule has 3 aliphatic heterocycles. The first kappa shape index (κ1) is 59.2. The first-order valence-corrected chi connectivity index (χ1v) is 29.2. The number of benzene rings is 2. The van der Waals surface area contributed by atoms with Gasteiger partial charge in [0.2, 0.25) is 23.6 Å². The fourth-order valence-electron chi connectivity index (χ4n) is 10.0. The summed E-state index contributed by atoms with van der Waals surface area (Å²) in [5.74, 6) is 6.77. The maximum Gasteiger partial charge on any atom is 0.238 e. The predicted molar refractivity (Wildman–Crippen MR) is 333 cm³/mol. The molecule has 7 aromatic heterocycles. The number of anilines is 12. The second-order valence-corrected chi connectivity index (χ2v) is 20.8. The molecule has 3 amide bonds. The highest BCUT2D eigenvalue weighted by Gasteiger charge is 2.25. The molecular formula is C60H69N19O9. The zero-order chi connectivity index (χ0) is 61.1. The molecule has 0 radical (unpaired) electrons. The first-order valence-electron chi connectivity index (χ1n) is 29.2. The second-order valence-electron chi connectivity index (χ2n) is 20.8. The SMILES string of the molecule is CCC(=O)Nc1cnn2c(NC)cc(Nc3cccc4c3CC(=O)CO4)nc12.CCC(=O)Nc1cnn2c(NC)cc(Nc3cccnc3OC3CCOCC3)nc12.CNc1cc(Nc2cccc3c2OCCO3)nc2c(NC(=O)CC3CCC3)cnn12. The van der Waals surface area contributed by atoms with Gasteiger partial charge in [0.25, 0.3) is 0 Å². The fraction of sp³-hybridized carbons (Fsp3) is 0.350. The van der Waals surface area contributed by atoms with Crippen LogP contribution in [0, 0.1) is 5.92 Å². The highest BCUT2D eigenvalue weighted by atomic mass is 16.6. The van der Waals surface area contributed by atoms with Crippen LogP contribution in [-0.2, 0) is 30.3 Å². The molecule has 88 heavy (non-hydrogen) atoms. The average Bonchev–Trinajstić information content (AvgIpc) is 2.10. The summed E-state index contributed by atoms with van der Waals surface area (Å²) in [6.07, 6.45) is 13.3. The number of ketones is 1. The number of para-hydroxylation sites is 1. The molecule has 28 nitrogen and oxygen atoms in total. The standard InChI is InChI=1S/C21H24N6O3.C20H25N7O3.C19H20N6O3/c1-22-18-11-17(24-14-6-3-7-16-20(14)30-9-8-29-16)26-21-15(12-23-27(18)21)25-19(28)10-13-4-2-5-13;1-3-18(28)25-15-12-23-27-17(21-2)11-16(26-19(15)27)24-14-5-4-8-22-20(14)30-13-6-9-29-10-7-13;1-3-18(27)23-14-9-21-25-17(20-2)8-16(24-19(14)25)22-13-5-4-6-15-12(13)7-11(26)10-28-15/h3,6-7,11-13,22H,2,4-5,8-10H2,1H3,(H,24,26)(H,25,28);4-5,8,11-13,21H,3,6-7,9-10H2,1-2H3,(H,24,26)(H,25,28);4-6,8-9,20H,3,7,10H2,1-2H3,(H,22,24)(H,23,27). The number of hydrogen-bond donors (Lipinski definition) is 9. The Morgan fingerprint density at radius 2 is 1.09 bits per heavy atom. The van der Waals surface area contributed by atoms with Crippen LogP contribution < -0.4 is 66.8 Å². The lowest BCUT2D eigenvalue weighted by molar-refractivity contribution is -0.121. The smallest absolute Gasteiger partial charge is 0.238 e. The lowest BCUT2D eigenvalue weighted by atomic mass is 9.83. The summed E-state index contributed by atoms with van der Waals surface area (Å²) in [6.45, 7) is 6.09. The maximum absolute atomic E-state index is 12.4. The summed E-state index contributed by atoms with van der Waals surface area (Å²) < 4.78 is 33.4. The quantitative estimate of drug-likeness (QED) is 0.0388. The predicted octanol–water partition coefficient (Wildman–Crippen LogP) is 8.60. The van der Waals surface area contributed by atoms with Gasteiger partial charge in [0.15, 0.2) is 34.2 Å². The van der Waals surface area contributed by atoms with Crippen LogP contribution in [0.4, 0.5) is 69.0 Å². The number of fused-ring (bicyclic) bond motifs is 5. The number of nitrogens with zero attached hydrogens (tertiary/aromatic N) is 10. The third kappa shape index (κ3) is 13.6. The Hall–Kier alpha value is -10.5. The van der Waals surface area contributed by atoms with E-state index in [1.54, 1.807) is 72.3 Å². The molecule has 1 saturated heterocycles. The normalized spacial score (nSPS) is 14.4. The van der Waals surface area contributed by atoms with E-state index >= 15 is 0 Å². The van der Waals surface area contributed by atoms with Gasteiger partial charge in [-0.05, 0) is 55.2 Å². The molecule has 458 valence electrons. The van der Waals surface area contributed by atoms with Crippen LogP contribution in [0.1, 0.15) is 70.8 Å². The monoisotopic (exact) mass is 1200 g/mol. The number of nitrogens with one attached hydrogen (secondary N) is 9. The lowest BCUT2D eigenvalue weighted by Crippen LogP contribution is -2.26. The Morgan fingerprint density at radius 3 is 1.64 bits per heavy atom. The molecule has 0 spiro atoms. The van der Waals surface area contributed by atoms with Gasteiger partial charge in [0, 0.05) is 95.3 Å². The molecule has 2 aromatic carbocycles. The van der Waals surface area contributed by atoms with Crippen molar-refractivity contribution in [3.63, 3.8) is 0 Å². The zero-order valence-corrected chi connectivity index (χ0v) is 49.4. The van der Waals surface area contributed by atoms with Crippen molar-refractivity contribution in [2.75, 3.05) is 102 Å². The number of rotatable bonds is 18. The van der Waals surface area contributed by atoms with Crippen molar-refractivity contribution < 1.29 is 42.9 Å². The number of ether oxygens (including phenoxy) is 5. The number of amides is 3. The van der Waals surface area contributed by atoms with Crippen molar-refractivity contribution in [3.8, 4) is 23.1 Å². The van der Waals surface area contributed by atoms with Crippen LogP contribution in [0.3, 0.4) is 0 Å². The summed E-state index contributed by atoms with van der Waals surface area (Å²) in [6, 6.07) is 20.5. The largest absolute Gasteiger partial charge is 0.486 e. The molecule has 0 atom stereocenters. The average molecular weight is 1200 g/mol. The van der Waals surface area contributed by atoms with Crippen molar-refractivity contribution in [2.24, 2.45) is 5.92 Å². The van der Waals surface area contributed by atoms with Crippen LogP contribution in [0.2, 0.25) is 0 Å². The number of Topliss-reactive ketones (excluding diaryl/α,β-unsaturated/α-hetero) is 1. The number of hydrogen-bond acceptors (Lipinski definition) is 22. The van der Waals surface area contributed by atoms with Crippen LogP contribution >= 0.6 is 0 Å². The molecular weight excluding hydrogens is 1130 g/mol. The van der Waals surface area contributed by atoms with Gasteiger partial charge in [-0.1, -0.05) is 32.4 Å². The van der Waals surface area contributed by atoms with Crippen molar-refractivity contribution in [2.45, 2.75) is 77.7 Å². The third-order valence-electron chi connectivity index (χ3n) is 14.8. The van der Waals surface area contributed by atoms with Gasteiger partial charge in [0.1, 0.15) is 89.3 Å². The van der Waals surface area contributed by atoms with E-state index in [1.807, 2.05) is 67.7 Å². The molecule has 1 aliphatic carbocycles. The van der Waals surface area contributed by atoms with E-state index in [2.05, 4.69) is 78.1 Å². The molecule has 0 bridgehead atoms. The number of pyridine rings is 1. The van der Waals surface area contributed by atoms with Gasteiger partial charge in [-0.2, -0.15) is 28.8 Å². The Bertz CT molecular complexity index is 4010. The number of aromatic nitrogens is 10. The summed E-state index contributed by atoms with van der Waals surface area (Å²) in [5, 5.41) is 40.8. The van der Waals surface area contributed by atoms with Gasteiger partial charge in [0.05, 0.1) is 37.5 Å². The van der Waals surface area contributed by atoms with Crippen LogP contribution in [-0.4, -0.2) is 133 Å². The van der Waals surface area contributed by atoms with Crippen molar-refractivity contribution >= 4 is 109 Å². The van der Waals surface area contributed by atoms with E-state index in [4.69, 9.17) is 28.7 Å². The van der Waals surface area contributed by atoms with Crippen molar-refractivity contribution in [3.05, 3.63) is 97.1 Å². The molecule has 28 heteroatoms. The Labute approximate surface area is 505 Å². The molecule has 0 unspecified atom stereocenters. The minimum Gasteiger partial charge on any atom is -0.486 e. The van der Waals surface area contributed by atoms with Crippen LogP contribution in [0.15, 0.2) is 91.5 Å². The van der Waals surface area contributed by atoms with Gasteiger partial charge < -0.3 is 71.5 Å². The first-order chi connectivity index (χ1) is 43.0. The van der Waals surface area contributed by atoms with Gasteiger partial charge >= 0.3 is 0 Å². The van der Waals surface area contributed by atoms with Crippen molar-refractivity contribution in [1.82, 2.24) is 48.8 Å². The van der Waals surface area contributed by atoms with Crippen molar-refractivity contribution in [1.29, 1.82) is 0 Å². The number of carbonyl (C=O) groups excluding carboxylic acids is 4. The highest BCUT2D eigenvalue weighted by Crippen LogP contribution is 2.40. The van der Waals surface area contributed by atoms with Crippen LogP contribution in [0.5, 0.6) is 23.1 Å². The molecule has 9 aromatic rings. The summed E-state index contributed by atoms with van der Waals surface area (Å²) >= 11 is 0. The van der Waals surface area contributed by atoms with Gasteiger partial charge in [-0.15, -0.1) is 0 Å².